The van der Waals surface area contributed by atoms with Gasteiger partial charge in [-0.2, -0.15) is 0 Å². The van der Waals surface area contributed by atoms with E-state index in [2.05, 4.69) is 15.0 Å². The van der Waals surface area contributed by atoms with Crippen LogP contribution in [0.25, 0.3) is 5.65 Å². The molecular weight excluding hydrogens is 418 g/mol. The standard InChI is InChI=1S/C18H14Cl2F3N3O2/c1-2-14-16(26-9-13(20)12(19)7-15(26)25-14)17(27)24-8-10-3-5-11(6-4-10)28-18(21,22)23/h3-7,9H,2,8H2,1H3,(H,24,27). The van der Waals surface area contributed by atoms with Crippen molar-refractivity contribution in [3.8, 4) is 5.75 Å². The van der Waals surface area contributed by atoms with Gasteiger partial charge in [0.1, 0.15) is 17.1 Å². The number of nitrogens with zero attached hydrogens (tertiary/aromatic N) is 2. The van der Waals surface area contributed by atoms with Gasteiger partial charge >= 0.3 is 6.36 Å². The highest BCUT2D eigenvalue weighted by atomic mass is 35.5. The van der Waals surface area contributed by atoms with E-state index in [-0.39, 0.29) is 17.3 Å². The average molecular weight is 432 g/mol. The van der Waals surface area contributed by atoms with Crippen LogP contribution in [0.4, 0.5) is 13.2 Å². The number of amides is 1. The summed E-state index contributed by atoms with van der Waals surface area (Å²) >= 11 is 12.0. The van der Waals surface area contributed by atoms with Gasteiger partial charge in [-0.1, -0.05) is 42.3 Å². The maximum Gasteiger partial charge on any atom is 0.573 e. The molecule has 0 radical (unpaired) electrons. The molecule has 0 spiro atoms. The Balaban J connectivity index is 1.77. The zero-order valence-electron chi connectivity index (χ0n) is 14.5. The highest BCUT2D eigenvalue weighted by Crippen LogP contribution is 2.26. The van der Waals surface area contributed by atoms with E-state index in [1.165, 1.54) is 30.5 Å². The van der Waals surface area contributed by atoms with Crippen LogP contribution in [0.3, 0.4) is 0 Å². The Labute approximate surface area is 168 Å². The number of hydrogen-bond acceptors (Lipinski definition) is 3. The minimum Gasteiger partial charge on any atom is -0.406 e. The van der Waals surface area contributed by atoms with E-state index in [9.17, 15) is 18.0 Å². The molecule has 0 saturated carbocycles. The van der Waals surface area contributed by atoms with Crippen LogP contribution in [0, 0.1) is 0 Å². The Morgan fingerprint density at radius 1 is 1.21 bits per heavy atom. The van der Waals surface area contributed by atoms with Gasteiger partial charge in [0.25, 0.3) is 5.91 Å². The highest BCUT2D eigenvalue weighted by molar-refractivity contribution is 6.42. The number of hydrogen-bond donors (Lipinski definition) is 1. The molecule has 148 valence electrons. The van der Waals surface area contributed by atoms with Crippen molar-refractivity contribution in [3.63, 3.8) is 0 Å². The first kappa shape index (κ1) is 20.3. The zero-order valence-corrected chi connectivity index (χ0v) is 16.0. The van der Waals surface area contributed by atoms with E-state index in [1.807, 2.05) is 6.92 Å². The maximum absolute atomic E-state index is 12.7. The number of aromatic nitrogens is 2. The summed E-state index contributed by atoms with van der Waals surface area (Å²) in [7, 11) is 0. The second-order valence-corrected chi connectivity index (χ2v) is 6.65. The third-order valence-electron chi connectivity index (χ3n) is 3.90. The van der Waals surface area contributed by atoms with Gasteiger partial charge < -0.3 is 10.1 Å². The minimum atomic E-state index is -4.75. The number of aryl methyl sites for hydroxylation is 1. The van der Waals surface area contributed by atoms with E-state index < -0.39 is 12.3 Å². The van der Waals surface area contributed by atoms with Crippen LogP contribution in [0.5, 0.6) is 5.75 Å². The number of carbonyl (C=O) groups excluding carboxylic acids is 1. The first-order chi connectivity index (χ1) is 13.2. The Morgan fingerprint density at radius 3 is 2.50 bits per heavy atom. The topological polar surface area (TPSA) is 55.6 Å². The summed E-state index contributed by atoms with van der Waals surface area (Å²) in [6.45, 7) is 1.98. The number of nitrogens with one attached hydrogen (secondary N) is 1. The molecule has 0 fully saturated rings. The lowest BCUT2D eigenvalue weighted by atomic mass is 10.2. The van der Waals surface area contributed by atoms with Crippen molar-refractivity contribution in [2.45, 2.75) is 26.3 Å². The van der Waals surface area contributed by atoms with Crippen LogP contribution >= 0.6 is 23.2 Å². The molecular formula is C18H14Cl2F3N3O2. The number of carbonyl (C=O) groups is 1. The van der Waals surface area contributed by atoms with Crippen LogP contribution < -0.4 is 10.1 Å². The molecule has 1 N–H and O–H groups in total. The van der Waals surface area contributed by atoms with Crippen LogP contribution in [0.15, 0.2) is 36.5 Å². The summed E-state index contributed by atoms with van der Waals surface area (Å²) in [5.74, 6) is -0.720. The zero-order chi connectivity index (χ0) is 20.5. The van der Waals surface area contributed by atoms with E-state index in [1.54, 1.807) is 10.5 Å². The number of alkyl halides is 3. The Kier molecular flexibility index (Phi) is 5.71. The molecule has 0 unspecified atom stereocenters. The van der Waals surface area contributed by atoms with Crippen molar-refractivity contribution in [2.75, 3.05) is 0 Å². The summed E-state index contributed by atoms with van der Waals surface area (Å²) in [5.41, 5.74) is 2.00. The van der Waals surface area contributed by atoms with Gasteiger partial charge in [0.05, 0.1) is 15.7 Å². The minimum absolute atomic E-state index is 0.114. The fourth-order valence-corrected chi connectivity index (χ4v) is 2.95. The average Bonchev–Trinajstić information content (AvgIpc) is 2.97. The Morgan fingerprint density at radius 2 is 1.89 bits per heavy atom. The lowest BCUT2D eigenvalue weighted by molar-refractivity contribution is -0.274. The number of fused-ring (bicyclic) bond motifs is 1. The fourth-order valence-electron chi connectivity index (χ4n) is 2.65. The van der Waals surface area contributed by atoms with Crippen molar-refractivity contribution in [1.29, 1.82) is 0 Å². The van der Waals surface area contributed by atoms with Crippen molar-refractivity contribution < 1.29 is 22.7 Å². The predicted molar refractivity (Wildman–Crippen MR) is 98.9 cm³/mol. The van der Waals surface area contributed by atoms with E-state index in [0.717, 1.165) is 0 Å². The molecule has 0 aliphatic carbocycles. The highest BCUT2D eigenvalue weighted by Gasteiger charge is 2.31. The quantitative estimate of drug-likeness (QED) is 0.615. The predicted octanol–water partition coefficient (Wildman–Crippen LogP) is 5.03. The summed E-state index contributed by atoms with van der Waals surface area (Å²) in [4.78, 5) is 17.1. The molecule has 0 atom stereocenters. The molecule has 2 heterocycles. The Bertz CT molecular complexity index is 1020. The lowest BCUT2D eigenvalue weighted by Gasteiger charge is -2.10. The Hall–Kier alpha value is -2.45. The largest absolute Gasteiger partial charge is 0.573 e. The van der Waals surface area contributed by atoms with Gasteiger partial charge in [0, 0.05) is 18.8 Å². The summed E-state index contributed by atoms with van der Waals surface area (Å²) in [5, 5.41) is 3.34. The maximum atomic E-state index is 12.7. The molecule has 1 amide bonds. The first-order valence-electron chi connectivity index (χ1n) is 8.17. The van der Waals surface area contributed by atoms with Gasteiger partial charge in [-0.15, -0.1) is 13.2 Å². The monoisotopic (exact) mass is 431 g/mol. The molecule has 0 bridgehead atoms. The normalized spacial score (nSPS) is 11.6. The number of ether oxygens (including phenoxy) is 1. The first-order valence-corrected chi connectivity index (χ1v) is 8.92. The summed E-state index contributed by atoms with van der Waals surface area (Å²) in [6.07, 6.45) is -2.72. The van der Waals surface area contributed by atoms with Gasteiger partial charge in [0.15, 0.2) is 0 Å². The number of rotatable bonds is 5. The van der Waals surface area contributed by atoms with Crippen molar-refractivity contribution in [2.24, 2.45) is 0 Å². The molecule has 5 nitrogen and oxygen atoms in total. The van der Waals surface area contributed by atoms with Gasteiger partial charge in [0.2, 0.25) is 0 Å². The second-order valence-electron chi connectivity index (χ2n) is 5.83. The number of halogens is 5. The SMILES string of the molecule is CCc1nc2cc(Cl)c(Cl)cn2c1C(=O)NCc1ccc(OC(F)(F)F)cc1. The number of pyridine rings is 1. The molecule has 1 aromatic carbocycles. The van der Waals surface area contributed by atoms with Crippen LogP contribution in [0.2, 0.25) is 10.0 Å². The second kappa shape index (κ2) is 7.89. The third-order valence-corrected chi connectivity index (χ3v) is 4.61. The lowest BCUT2D eigenvalue weighted by Crippen LogP contribution is -2.25. The van der Waals surface area contributed by atoms with Gasteiger partial charge in [-0.3, -0.25) is 9.20 Å². The fraction of sp³-hybridized carbons (Fsp3) is 0.222. The number of benzene rings is 1. The molecule has 10 heteroatoms. The molecule has 2 aromatic heterocycles. The number of imidazole rings is 1. The third kappa shape index (κ3) is 4.51. The molecule has 0 aliphatic heterocycles. The van der Waals surface area contributed by atoms with Crippen LogP contribution in [-0.2, 0) is 13.0 Å². The van der Waals surface area contributed by atoms with Crippen LogP contribution in [0.1, 0.15) is 28.7 Å². The van der Waals surface area contributed by atoms with E-state index in [4.69, 9.17) is 23.2 Å². The van der Waals surface area contributed by atoms with Crippen LogP contribution in [-0.4, -0.2) is 21.7 Å². The molecule has 0 aliphatic rings. The van der Waals surface area contributed by atoms with Crippen molar-refractivity contribution >= 4 is 34.8 Å². The summed E-state index contributed by atoms with van der Waals surface area (Å²) < 4.78 is 42.0. The smallest absolute Gasteiger partial charge is 0.406 e. The van der Waals surface area contributed by atoms with E-state index in [0.29, 0.717) is 34.0 Å². The van der Waals surface area contributed by atoms with Crippen molar-refractivity contribution in [3.05, 3.63) is 63.5 Å². The van der Waals surface area contributed by atoms with Gasteiger partial charge in [-0.25, -0.2) is 4.98 Å². The molecule has 0 saturated heterocycles. The molecule has 3 rings (SSSR count). The van der Waals surface area contributed by atoms with Crippen molar-refractivity contribution in [1.82, 2.24) is 14.7 Å². The molecule has 3 aromatic rings. The summed E-state index contributed by atoms with van der Waals surface area (Å²) in [6, 6.07) is 6.81. The van der Waals surface area contributed by atoms with Gasteiger partial charge in [-0.05, 0) is 24.1 Å². The van der Waals surface area contributed by atoms with E-state index >= 15 is 0 Å². The molecule has 28 heavy (non-hydrogen) atoms.